The topological polar surface area (TPSA) is 20.3 Å². The average molecular weight is 285 g/mol. The van der Waals surface area contributed by atoms with Crippen molar-refractivity contribution in [3.63, 3.8) is 0 Å². The summed E-state index contributed by atoms with van der Waals surface area (Å²) in [5.41, 5.74) is -0.140. The molecule has 2 nitrogen and oxygen atoms in total. The number of benzene rings is 1. The van der Waals surface area contributed by atoms with Crippen molar-refractivity contribution < 1.29 is 13.6 Å². The van der Waals surface area contributed by atoms with E-state index in [0.29, 0.717) is 12.6 Å². The van der Waals surface area contributed by atoms with Gasteiger partial charge in [-0.25, -0.2) is 8.78 Å². The van der Waals surface area contributed by atoms with Gasteiger partial charge in [-0.1, -0.05) is 6.07 Å². The highest BCUT2D eigenvalue weighted by Gasteiger charge is 2.21. The van der Waals surface area contributed by atoms with Crippen LogP contribution < -0.4 is 0 Å². The molecule has 1 saturated heterocycles. The summed E-state index contributed by atoms with van der Waals surface area (Å²) in [4.78, 5) is 14.2. The molecule has 104 valence electrons. The molecule has 1 fully saturated rings. The van der Waals surface area contributed by atoms with Crippen LogP contribution in [0.4, 0.5) is 8.78 Å². The summed E-state index contributed by atoms with van der Waals surface area (Å²) in [7, 11) is 0. The van der Waals surface area contributed by atoms with Gasteiger partial charge in [0.2, 0.25) is 0 Å². The number of hydrogen-bond donors (Lipinski definition) is 0. The maximum absolute atomic E-state index is 13.5. The highest BCUT2D eigenvalue weighted by molar-refractivity contribution is 7.99. The van der Waals surface area contributed by atoms with Crippen LogP contribution in [0.5, 0.6) is 0 Å². The molecular formula is C14H17F2NOS. The van der Waals surface area contributed by atoms with Gasteiger partial charge in [0.25, 0.3) is 0 Å². The van der Waals surface area contributed by atoms with E-state index in [1.807, 2.05) is 11.8 Å². The Bertz CT molecular complexity index is 467. The molecule has 19 heavy (non-hydrogen) atoms. The molecule has 1 heterocycles. The molecule has 0 bridgehead atoms. The summed E-state index contributed by atoms with van der Waals surface area (Å²) < 4.78 is 26.5. The van der Waals surface area contributed by atoms with E-state index < -0.39 is 11.6 Å². The van der Waals surface area contributed by atoms with Crippen molar-refractivity contribution in [1.82, 2.24) is 4.90 Å². The number of nitrogens with zero attached hydrogens (tertiary/aromatic N) is 1. The van der Waals surface area contributed by atoms with E-state index in [4.69, 9.17) is 0 Å². The van der Waals surface area contributed by atoms with Gasteiger partial charge < -0.3 is 0 Å². The first-order valence-corrected chi connectivity index (χ1v) is 7.54. The lowest BCUT2D eigenvalue weighted by Crippen LogP contribution is -2.41. The van der Waals surface area contributed by atoms with Crippen LogP contribution in [-0.2, 0) is 0 Å². The van der Waals surface area contributed by atoms with Gasteiger partial charge in [0, 0.05) is 37.1 Å². The minimum atomic E-state index is -1.03. The van der Waals surface area contributed by atoms with Gasteiger partial charge in [-0.3, -0.25) is 9.69 Å². The summed E-state index contributed by atoms with van der Waals surface area (Å²) in [6.45, 7) is 3.68. The van der Waals surface area contributed by atoms with Gasteiger partial charge in [0.05, 0.1) is 5.56 Å². The second-order valence-corrected chi connectivity index (χ2v) is 5.88. The fourth-order valence-corrected chi connectivity index (χ4v) is 3.27. The number of halogens is 2. The van der Waals surface area contributed by atoms with Crippen molar-refractivity contribution >= 4 is 17.5 Å². The summed E-state index contributed by atoms with van der Waals surface area (Å²) in [6, 6.07) is 4.17. The zero-order valence-corrected chi connectivity index (χ0v) is 11.7. The Balaban J connectivity index is 1.95. The smallest absolute Gasteiger partial charge is 0.169 e. The molecule has 0 spiro atoms. The predicted molar refractivity (Wildman–Crippen MR) is 73.7 cm³/mol. The lowest BCUT2D eigenvalue weighted by atomic mass is 10.1. The molecule has 2 rings (SSSR count). The molecule has 1 atom stereocenters. The minimum absolute atomic E-state index is 0.140. The van der Waals surface area contributed by atoms with Crippen molar-refractivity contribution in [2.24, 2.45) is 0 Å². The maximum Gasteiger partial charge on any atom is 0.169 e. The van der Waals surface area contributed by atoms with Crippen LogP contribution in [0.2, 0.25) is 0 Å². The van der Waals surface area contributed by atoms with E-state index in [9.17, 15) is 13.6 Å². The van der Waals surface area contributed by atoms with Gasteiger partial charge in [-0.15, -0.1) is 0 Å². The Kier molecular flexibility index (Phi) is 4.93. The fourth-order valence-electron chi connectivity index (χ4n) is 2.19. The van der Waals surface area contributed by atoms with Crippen LogP contribution in [0.3, 0.4) is 0 Å². The summed E-state index contributed by atoms with van der Waals surface area (Å²) >= 11 is 1.91. The summed E-state index contributed by atoms with van der Waals surface area (Å²) in [5.74, 6) is -0.208. The lowest BCUT2D eigenvalue weighted by Gasteiger charge is -2.32. The fraction of sp³-hybridized carbons (Fsp3) is 0.500. The molecule has 0 amide bonds. The van der Waals surface area contributed by atoms with Gasteiger partial charge in [-0.05, 0) is 19.1 Å². The van der Waals surface area contributed by atoms with Crippen LogP contribution in [0, 0.1) is 11.6 Å². The van der Waals surface area contributed by atoms with E-state index in [0.717, 1.165) is 24.1 Å². The number of carbonyl (C=O) groups is 1. The monoisotopic (exact) mass is 285 g/mol. The van der Waals surface area contributed by atoms with Crippen LogP contribution in [0.15, 0.2) is 18.2 Å². The van der Waals surface area contributed by atoms with E-state index in [1.165, 1.54) is 12.1 Å². The second-order valence-electron chi connectivity index (χ2n) is 4.73. The predicted octanol–water partition coefficient (Wildman–Crippen LogP) is 2.97. The number of carbonyl (C=O) groups excluding carboxylic acids is 1. The first kappa shape index (κ1) is 14.5. The average Bonchev–Trinajstić information content (AvgIpc) is 2.40. The minimum Gasteiger partial charge on any atom is -0.299 e. The molecule has 1 aliphatic heterocycles. The molecule has 0 saturated carbocycles. The maximum atomic E-state index is 13.5. The van der Waals surface area contributed by atoms with Crippen molar-refractivity contribution in [3.05, 3.63) is 35.4 Å². The number of Topliss-reactive ketones (excluding diaryl/α,β-unsaturated/α-hetero) is 1. The highest BCUT2D eigenvalue weighted by Crippen LogP contribution is 2.18. The quantitative estimate of drug-likeness (QED) is 0.793. The van der Waals surface area contributed by atoms with Crippen LogP contribution >= 0.6 is 11.8 Å². The molecule has 5 heteroatoms. The largest absolute Gasteiger partial charge is 0.299 e. The third-order valence-electron chi connectivity index (χ3n) is 3.38. The first-order chi connectivity index (χ1) is 9.09. The van der Waals surface area contributed by atoms with Gasteiger partial charge in [-0.2, -0.15) is 11.8 Å². The number of ketones is 1. The summed E-state index contributed by atoms with van der Waals surface area (Å²) in [5, 5.41) is 0. The van der Waals surface area contributed by atoms with Gasteiger partial charge >= 0.3 is 0 Å². The Morgan fingerprint density at radius 3 is 3.00 bits per heavy atom. The molecule has 1 unspecified atom stereocenters. The Morgan fingerprint density at radius 2 is 2.26 bits per heavy atom. The zero-order chi connectivity index (χ0) is 13.8. The van der Waals surface area contributed by atoms with Gasteiger partial charge in [0.15, 0.2) is 17.4 Å². The number of rotatable bonds is 4. The van der Waals surface area contributed by atoms with E-state index in [-0.39, 0.29) is 17.8 Å². The van der Waals surface area contributed by atoms with Crippen molar-refractivity contribution in [2.75, 3.05) is 24.6 Å². The van der Waals surface area contributed by atoms with Gasteiger partial charge in [0.1, 0.15) is 0 Å². The van der Waals surface area contributed by atoms with Crippen molar-refractivity contribution in [3.8, 4) is 0 Å². The third kappa shape index (κ3) is 3.54. The SMILES string of the molecule is CC1CSCCN1CCC(=O)c1cccc(F)c1F. The van der Waals surface area contributed by atoms with Crippen LogP contribution in [-0.4, -0.2) is 41.3 Å². The summed E-state index contributed by atoms with van der Waals surface area (Å²) in [6.07, 6.45) is 0.232. The molecule has 1 aliphatic rings. The standard InChI is InChI=1S/C14H17F2NOS/c1-10-9-19-8-7-17(10)6-5-13(18)11-3-2-4-12(15)14(11)16/h2-4,10H,5-9H2,1H3. The Hall–Kier alpha value is -0.940. The number of hydrogen-bond acceptors (Lipinski definition) is 3. The zero-order valence-electron chi connectivity index (χ0n) is 10.9. The molecule has 0 aromatic heterocycles. The van der Waals surface area contributed by atoms with Crippen molar-refractivity contribution in [2.45, 2.75) is 19.4 Å². The molecule has 0 aliphatic carbocycles. The Labute approximate surface area is 116 Å². The first-order valence-electron chi connectivity index (χ1n) is 6.38. The molecular weight excluding hydrogens is 268 g/mol. The second kappa shape index (κ2) is 6.48. The van der Waals surface area contributed by atoms with E-state index in [1.54, 1.807) is 0 Å². The molecule has 0 N–H and O–H groups in total. The lowest BCUT2D eigenvalue weighted by molar-refractivity contribution is 0.0952. The number of thioether (sulfide) groups is 1. The normalized spacial score (nSPS) is 20.5. The highest BCUT2D eigenvalue weighted by atomic mass is 32.2. The molecule has 1 aromatic rings. The van der Waals surface area contributed by atoms with E-state index >= 15 is 0 Å². The van der Waals surface area contributed by atoms with Crippen molar-refractivity contribution in [1.29, 1.82) is 0 Å². The van der Waals surface area contributed by atoms with E-state index in [2.05, 4.69) is 11.8 Å². The van der Waals surface area contributed by atoms with Crippen LogP contribution in [0.25, 0.3) is 0 Å². The Morgan fingerprint density at radius 1 is 1.47 bits per heavy atom. The third-order valence-corrected chi connectivity index (χ3v) is 4.57. The van der Waals surface area contributed by atoms with Crippen LogP contribution in [0.1, 0.15) is 23.7 Å². The molecule has 1 aromatic carbocycles. The molecule has 0 radical (unpaired) electrons.